The van der Waals surface area contributed by atoms with Crippen LogP contribution in [0.1, 0.15) is 12.8 Å². The van der Waals surface area contributed by atoms with Gasteiger partial charge in [0.1, 0.15) is 6.10 Å². The molecule has 21 heavy (non-hydrogen) atoms. The lowest BCUT2D eigenvalue weighted by atomic mass is 9.99. The zero-order chi connectivity index (χ0) is 14.8. The molecule has 7 heteroatoms. The van der Waals surface area contributed by atoms with E-state index in [1.807, 2.05) is 4.90 Å². The number of rotatable bonds is 3. The summed E-state index contributed by atoms with van der Waals surface area (Å²) in [4.78, 5) is 25.5. The molecule has 0 aromatic carbocycles. The molecule has 1 saturated carbocycles. The average Bonchev–Trinajstić information content (AvgIpc) is 2.67. The van der Waals surface area contributed by atoms with Crippen molar-refractivity contribution in [3.05, 3.63) is 0 Å². The second kappa shape index (κ2) is 6.00. The molecule has 2 bridgehead atoms. The fourth-order valence-electron chi connectivity index (χ4n) is 3.27. The maximum atomic E-state index is 12.0. The Balaban J connectivity index is 1.58. The lowest BCUT2D eigenvalue weighted by Crippen LogP contribution is -2.45. The van der Waals surface area contributed by atoms with E-state index < -0.39 is 12.2 Å². The molecule has 0 amide bonds. The van der Waals surface area contributed by atoms with E-state index in [1.165, 1.54) is 0 Å². The van der Waals surface area contributed by atoms with E-state index in [1.54, 1.807) is 0 Å². The summed E-state index contributed by atoms with van der Waals surface area (Å²) in [6, 6.07) is 2.15. The van der Waals surface area contributed by atoms with Gasteiger partial charge in [-0.05, 0) is 6.42 Å². The van der Waals surface area contributed by atoms with Crippen LogP contribution in [0.4, 0.5) is 0 Å². The monoisotopic (exact) mass is 294 g/mol. The van der Waals surface area contributed by atoms with Crippen molar-refractivity contribution < 1.29 is 23.8 Å². The summed E-state index contributed by atoms with van der Waals surface area (Å²) < 4.78 is 16.0. The maximum absolute atomic E-state index is 12.0. The van der Waals surface area contributed by atoms with Gasteiger partial charge in [-0.3, -0.25) is 14.5 Å². The van der Waals surface area contributed by atoms with E-state index in [2.05, 4.69) is 6.07 Å². The number of morpholine rings is 1. The lowest BCUT2D eigenvalue weighted by Gasteiger charge is -2.31. The average molecular weight is 294 g/mol. The van der Waals surface area contributed by atoms with Gasteiger partial charge in [-0.25, -0.2) is 0 Å². The van der Waals surface area contributed by atoms with Crippen LogP contribution in [0, 0.1) is 23.2 Å². The summed E-state index contributed by atoms with van der Waals surface area (Å²) in [6.07, 6.45) is -0.289. The molecule has 0 radical (unpaired) electrons. The second-order valence-corrected chi connectivity index (χ2v) is 5.73. The molecule has 0 aromatic rings. The van der Waals surface area contributed by atoms with Crippen molar-refractivity contribution >= 4 is 11.9 Å². The Morgan fingerprint density at radius 1 is 1.43 bits per heavy atom. The fraction of sp³-hybridized carbons (Fsp3) is 0.786. The zero-order valence-electron chi connectivity index (χ0n) is 11.7. The summed E-state index contributed by atoms with van der Waals surface area (Å²) in [7, 11) is 0. The van der Waals surface area contributed by atoms with Crippen molar-refractivity contribution in [2.75, 3.05) is 32.8 Å². The number of esters is 2. The Morgan fingerprint density at radius 2 is 2.19 bits per heavy atom. The van der Waals surface area contributed by atoms with Crippen molar-refractivity contribution in [1.29, 1.82) is 5.26 Å². The number of ether oxygens (including phenoxy) is 3. The van der Waals surface area contributed by atoms with Crippen LogP contribution in [0.3, 0.4) is 0 Å². The van der Waals surface area contributed by atoms with Crippen molar-refractivity contribution in [1.82, 2.24) is 4.90 Å². The summed E-state index contributed by atoms with van der Waals surface area (Å²) in [5.74, 6) is -1.09. The van der Waals surface area contributed by atoms with Crippen LogP contribution in [-0.2, 0) is 23.8 Å². The number of carbonyl (C=O) groups excluding carboxylic acids is 2. The largest absolute Gasteiger partial charge is 0.457 e. The lowest BCUT2D eigenvalue weighted by molar-refractivity contribution is -0.179. The summed E-state index contributed by atoms with van der Waals surface area (Å²) in [5, 5.41) is 9.11. The van der Waals surface area contributed by atoms with Crippen LogP contribution < -0.4 is 0 Å². The zero-order valence-corrected chi connectivity index (χ0v) is 11.7. The van der Waals surface area contributed by atoms with Crippen molar-refractivity contribution in [3.63, 3.8) is 0 Å². The molecule has 4 unspecified atom stereocenters. The van der Waals surface area contributed by atoms with E-state index >= 15 is 0 Å². The van der Waals surface area contributed by atoms with Gasteiger partial charge in [0.05, 0.1) is 38.2 Å². The van der Waals surface area contributed by atoms with Crippen LogP contribution in [0.15, 0.2) is 0 Å². The minimum atomic E-state index is -0.602. The fourth-order valence-corrected chi connectivity index (χ4v) is 3.27. The van der Waals surface area contributed by atoms with Gasteiger partial charge in [-0.2, -0.15) is 5.26 Å². The minimum Gasteiger partial charge on any atom is -0.457 e. The first-order valence-corrected chi connectivity index (χ1v) is 7.26. The number of hydrogen-bond acceptors (Lipinski definition) is 7. The smallest absolute Gasteiger partial charge is 0.320 e. The SMILES string of the molecule is N#CC1CC2CC(=O)OC1C2OC(=O)CN1CCOCC1. The molecule has 2 heterocycles. The van der Waals surface area contributed by atoms with Gasteiger partial charge in [0.25, 0.3) is 0 Å². The van der Waals surface area contributed by atoms with Gasteiger partial charge in [0.2, 0.25) is 0 Å². The van der Waals surface area contributed by atoms with Crippen LogP contribution in [0.5, 0.6) is 0 Å². The number of carbonyl (C=O) groups is 2. The summed E-state index contributed by atoms with van der Waals surface area (Å²) in [5.41, 5.74) is 0. The maximum Gasteiger partial charge on any atom is 0.320 e. The van der Waals surface area contributed by atoms with Gasteiger partial charge < -0.3 is 14.2 Å². The van der Waals surface area contributed by atoms with Gasteiger partial charge in [0.15, 0.2) is 6.10 Å². The number of nitriles is 1. The molecule has 1 aliphatic carbocycles. The highest BCUT2D eigenvalue weighted by molar-refractivity contribution is 5.74. The molecule has 3 fully saturated rings. The quantitative estimate of drug-likeness (QED) is 0.660. The summed E-state index contributed by atoms with van der Waals surface area (Å²) >= 11 is 0. The van der Waals surface area contributed by atoms with Gasteiger partial charge >= 0.3 is 11.9 Å². The first-order valence-electron chi connectivity index (χ1n) is 7.26. The first kappa shape index (κ1) is 14.3. The van der Waals surface area contributed by atoms with Crippen LogP contribution in [-0.4, -0.2) is 61.9 Å². The molecule has 3 rings (SSSR count). The van der Waals surface area contributed by atoms with E-state index in [4.69, 9.17) is 19.5 Å². The molecule has 2 saturated heterocycles. The predicted molar refractivity (Wildman–Crippen MR) is 68.8 cm³/mol. The summed E-state index contributed by atoms with van der Waals surface area (Å²) in [6.45, 7) is 2.88. The van der Waals surface area contributed by atoms with Crippen LogP contribution in [0.2, 0.25) is 0 Å². The number of hydrogen-bond donors (Lipinski definition) is 0. The molecule has 7 nitrogen and oxygen atoms in total. The standard InChI is InChI=1S/C14H18N2O5/c15-7-10-5-9-6-11(17)20-14(10)13(9)21-12(18)8-16-1-3-19-4-2-16/h9-10,13-14H,1-6,8H2. The number of fused-ring (bicyclic) bond motifs is 2. The molecular weight excluding hydrogens is 276 g/mol. The van der Waals surface area contributed by atoms with E-state index in [9.17, 15) is 9.59 Å². The Kier molecular flexibility index (Phi) is 4.08. The highest BCUT2D eigenvalue weighted by Crippen LogP contribution is 2.41. The molecule has 0 spiro atoms. The van der Waals surface area contributed by atoms with Crippen molar-refractivity contribution in [3.8, 4) is 6.07 Å². The van der Waals surface area contributed by atoms with Crippen LogP contribution in [0.25, 0.3) is 0 Å². The molecule has 114 valence electrons. The first-order chi connectivity index (χ1) is 10.2. The Bertz CT molecular complexity index is 468. The Morgan fingerprint density at radius 3 is 2.90 bits per heavy atom. The third-order valence-corrected chi connectivity index (χ3v) is 4.33. The Hall–Kier alpha value is -1.65. The Labute approximate surface area is 122 Å². The second-order valence-electron chi connectivity index (χ2n) is 5.73. The molecular formula is C14H18N2O5. The molecule has 0 N–H and O–H groups in total. The van der Waals surface area contributed by atoms with E-state index in [-0.39, 0.29) is 36.7 Å². The van der Waals surface area contributed by atoms with E-state index in [0.29, 0.717) is 32.7 Å². The molecule has 4 atom stereocenters. The van der Waals surface area contributed by atoms with Gasteiger partial charge in [-0.1, -0.05) is 0 Å². The topological polar surface area (TPSA) is 88.9 Å². The van der Waals surface area contributed by atoms with Gasteiger partial charge in [0, 0.05) is 19.0 Å². The minimum absolute atomic E-state index is 0.0884. The van der Waals surface area contributed by atoms with Crippen molar-refractivity contribution in [2.24, 2.45) is 11.8 Å². The predicted octanol–water partition coefficient (Wildman–Crippen LogP) is -0.294. The van der Waals surface area contributed by atoms with Crippen LogP contribution >= 0.6 is 0 Å². The van der Waals surface area contributed by atoms with Crippen molar-refractivity contribution in [2.45, 2.75) is 25.0 Å². The third-order valence-electron chi connectivity index (χ3n) is 4.33. The normalized spacial score (nSPS) is 35.9. The molecule has 0 aromatic heterocycles. The highest BCUT2D eigenvalue weighted by Gasteiger charge is 2.52. The van der Waals surface area contributed by atoms with E-state index in [0.717, 1.165) is 0 Å². The highest BCUT2D eigenvalue weighted by atomic mass is 16.6. The molecule has 3 aliphatic rings. The number of nitrogens with zero attached hydrogens (tertiary/aromatic N) is 2. The van der Waals surface area contributed by atoms with Gasteiger partial charge in [-0.15, -0.1) is 0 Å². The molecule has 2 aliphatic heterocycles. The third kappa shape index (κ3) is 3.01.